The van der Waals surface area contributed by atoms with E-state index in [4.69, 9.17) is 14.0 Å². The zero-order valence-electron chi connectivity index (χ0n) is 23.3. The average molecular weight is 557 g/mol. The molecule has 39 heavy (non-hydrogen) atoms. The number of halogens is 5. The molecule has 15 heteroatoms. The smallest absolute Gasteiger partial charge is 0.256 e. The molecular weight excluding hydrogens is 529 g/mol. The van der Waals surface area contributed by atoms with E-state index in [2.05, 4.69) is 20.4 Å². The fourth-order valence-corrected chi connectivity index (χ4v) is 4.80. The van der Waals surface area contributed by atoms with E-state index in [-0.39, 0.29) is 59.0 Å². The number of amides is 1. The van der Waals surface area contributed by atoms with Gasteiger partial charge < -0.3 is 24.6 Å². The Labute approximate surface area is 222 Å². The van der Waals surface area contributed by atoms with Crippen molar-refractivity contribution in [2.75, 3.05) is 32.1 Å². The van der Waals surface area contributed by atoms with Crippen molar-refractivity contribution in [2.24, 2.45) is 0 Å². The Morgan fingerprint density at radius 1 is 1.31 bits per heavy atom. The van der Waals surface area contributed by atoms with Crippen LogP contribution in [0.15, 0.2) is 18.3 Å². The molecule has 0 bridgehead atoms. The Hall–Kier alpha value is -4.01. The number of benzene rings is 1. The number of aromatic nitrogens is 5. The van der Waals surface area contributed by atoms with Gasteiger partial charge in [0.15, 0.2) is 11.6 Å². The summed E-state index contributed by atoms with van der Waals surface area (Å²) in [5.41, 5.74) is -1.10. The molecule has 2 atom stereocenters. The summed E-state index contributed by atoms with van der Waals surface area (Å²) in [6, 6.07) is 1.22. The van der Waals surface area contributed by atoms with Crippen LogP contribution in [0.2, 0.25) is 0 Å². The molecule has 5 rings (SSSR count). The predicted octanol–water partition coefficient (Wildman–Crippen LogP) is 2.95. The summed E-state index contributed by atoms with van der Waals surface area (Å²) >= 11 is 0. The molecule has 1 aliphatic heterocycles. The van der Waals surface area contributed by atoms with Gasteiger partial charge in [-0.05, 0) is 31.0 Å². The number of ether oxygens (including phenoxy) is 1. The molecule has 4 aromatic rings. The molecule has 1 amide bonds. The second kappa shape index (κ2) is 10.3. The molecule has 0 spiro atoms. The molecule has 0 radical (unpaired) electrons. The normalized spacial score (nSPS) is 19.4. The van der Waals surface area contributed by atoms with Crippen LogP contribution in [-0.4, -0.2) is 85.4 Å². The van der Waals surface area contributed by atoms with E-state index < -0.39 is 62.3 Å². The van der Waals surface area contributed by atoms with Crippen LogP contribution in [0.25, 0.3) is 27.7 Å². The summed E-state index contributed by atoms with van der Waals surface area (Å²) < 4.78 is 102. The number of methoxy groups -OCH3 is 1. The zero-order valence-corrected chi connectivity index (χ0v) is 20.3. The van der Waals surface area contributed by atoms with Gasteiger partial charge in [0, 0.05) is 6.54 Å². The Kier molecular flexibility index (Phi) is 6.04. The molecule has 4 heterocycles. The fraction of sp³-hybridized carbons (Fsp3) is 0.417. The highest BCUT2D eigenvalue weighted by Gasteiger charge is 2.32. The van der Waals surface area contributed by atoms with Crippen LogP contribution in [0.1, 0.15) is 16.4 Å². The van der Waals surface area contributed by atoms with Crippen LogP contribution in [-0.2, 0) is 11.3 Å². The van der Waals surface area contributed by atoms with Crippen LogP contribution < -0.4 is 10.1 Å². The second-order valence-electron chi connectivity index (χ2n) is 9.03. The van der Waals surface area contributed by atoms with Gasteiger partial charge in [0.1, 0.15) is 29.6 Å². The van der Waals surface area contributed by atoms with Crippen LogP contribution in [0.3, 0.4) is 0 Å². The standard InChI is InChI=1S/C24H24F5N7O3/c1-11-30-21-13(25)5-12(6-17(21)35(11)9-18(28)29)20-15(27)8-36-22(20)23(39-2)32-24(33-36)31-16-3-4-34(7-14(16)26)19(38)10-37/h5-6,8,14,16,18,37H,3-4,7,9-10H2,1-2H3,(H,31,33)/t14-,16+/m1/s1/i2D3. The molecule has 1 fully saturated rings. The molecular formula is C24H24F5N7O3. The van der Waals surface area contributed by atoms with Crippen LogP contribution in [0.4, 0.5) is 27.9 Å². The number of aliphatic hydroxyl groups is 1. The second-order valence-corrected chi connectivity index (χ2v) is 9.03. The topological polar surface area (TPSA) is 110 Å². The van der Waals surface area contributed by atoms with E-state index in [0.717, 1.165) is 26.2 Å². The van der Waals surface area contributed by atoms with Crippen LogP contribution >= 0.6 is 0 Å². The number of anilines is 1. The lowest BCUT2D eigenvalue weighted by Gasteiger charge is -2.34. The van der Waals surface area contributed by atoms with Gasteiger partial charge in [-0.2, -0.15) is 4.98 Å². The van der Waals surface area contributed by atoms with Gasteiger partial charge in [-0.15, -0.1) is 5.10 Å². The van der Waals surface area contributed by atoms with Crippen molar-refractivity contribution >= 4 is 28.4 Å². The molecule has 0 aliphatic carbocycles. The highest BCUT2D eigenvalue weighted by atomic mass is 19.3. The zero-order chi connectivity index (χ0) is 30.5. The lowest BCUT2D eigenvalue weighted by atomic mass is 10.0. The summed E-state index contributed by atoms with van der Waals surface area (Å²) in [6.07, 6.45) is -3.47. The molecule has 0 saturated carbocycles. The maximum atomic E-state index is 15.5. The first kappa shape index (κ1) is 22.9. The van der Waals surface area contributed by atoms with E-state index >= 15 is 8.78 Å². The minimum absolute atomic E-state index is 0.0425. The number of fused-ring (bicyclic) bond motifs is 2. The lowest BCUT2D eigenvalue weighted by molar-refractivity contribution is -0.136. The highest BCUT2D eigenvalue weighted by molar-refractivity contribution is 5.90. The molecule has 3 aromatic heterocycles. The minimum Gasteiger partial charge on any atom is -0.479 e. The lowest BCUT2D eigenvalue weighted by Crippen LogP contribution is -2.50. The first-order chi connectivity index (χ1) is 19.8. The summed E-state index contributed by atoms with van der Waals surface area (Å²) in [6.45, 7) is -0.367. The number of alkyl halides is 3. The number of hydrogen-bond acceptors (Lipinski definition) is 7. The van der Waals surface area contributed by atoms with Crippen LogP contribution in [0, 0.1) is 18.6 Å². The van der Waals surface area contributed by atoms with Gasteiger partial charge in [0.2, 0.25) is 17.7 Å². The van der Waals surface area contributed by atoms with E-state index in [9.17, 15) is 18.0 Å². The van der Waals surface area contributed by atoms with Gasteiger partial charge in [-0.1, -0.05) is 0 Å². The van der Waals surface area contributed by atoms with Crippen molar-refractivity contribution in [3.05, 3.63) is 35.8 Å². The van der Waals surface area contributed by atoms with Crippen molar-refractivity contribution in [3.63, 3.8) is 0 Å². The van der Waals surface area contributed by atoms with Crippen molar-refractivity contribution in [3.8, 4) is 17.0 Å². The van der Waals surface area contributed by atoms with Gasteiger partial charge in [0.05, 0.1) is 47.6 Å². The number of piperidine rings is 1. The highest BCUT2D eigenvalue weighted by Crippen LogP contribution is 2.37. The maximum absolute atomic E-state index is 15.5. The molecule has 10 nitrogen and oxygen atoms in total. The molecule has 1 saturated heterocycles. The van der Waals surface area contributed by atoms with Gasteiger partial charge in [-0.25, -0.2) is 31.5 Å². The number of aryl methyl sites for hydroxylation is 1. The van der Waals surface area contributed by atoms with Crippen molar-refractivity contribution < 1.29 is 40.7 Å². The number of nitrogens with zero attached hydrogens (tertiary/aromatic N) is 6. The van der Waals surface area contributed by atoms with Crippen molar-refractivity contribution in [1.29, 1.82) is 0 Å². The number of imidazole rings is 1. The monoisotopic (exact) mass is 556 g/mol. The molecule has 1 aliphatic rings. The summed E-state index contributed by atoms with van der Waals surface area (Å²) in [5, 5.41) is 15.8. The van der Waals surface area contributed by atoms with Gasteiger partial charge in [0.25, 0.3) is 6.43 Å². The number of hydrogen-bond donors (Lipinski definition) is 2. The summed E-state index contributed by atoms with van der Waals surface area (Å²) in [4.78, 5) is 20.9. The van der Waals surface area contributed by atoms with Crippen molar-refractivity contribution in [1.82, 2.24) is 29.0 Å². The first-order valence-electron chi connectivity index (χ1n) is 13.3. The first-order valence-corrected chi connectivity index (χ1v) is 11.8. The molecule has 2 N–H and O–H groups in total. The Morgan fingerprint density at radius 3 is 2.79 bits per heavy atom. The maximum Gasteiger partial charge on any atom is 0.256 e. The van der Waals surface area contributed by atoms with E-state index in [0.29, 0.717) is 0 Å². The third-order valence-corrected chi connectivity index (χ3v) is 6.60. The predicted molar refractivity (Wildman–Crippen MR) is 130 cm³/mol. The van der Waals surface area contributed by atoms with E-state index in [1.54, 1.807) is 0 Å². The third-order valence-electron chi connectivity index (χ3n) is 6.60. The SMILES string of the molecule is [2H]C([2H])([2H])Oc1nc(N[C@H]2CCN(C(=O)CO)C[C@H]2F)nn2cc(F)c(-c3cc(F)c4nc(C)n(CC(F)F)c4c3)c12. The number of likely N-dealkylation sites (tertiary alicyclic amines) is 1. The van der Waals surface area contributed by atoms with E-state index in [1.807, 2.05) is 0 Å². The Bertz CT molecular complexity index is 1660. The number of carbonyl (C=O) groups excluding carboxylic acids is 1. The third kappa shape index (κ3) is 4.82. The Balaban J connectivity index is 1.59. The summed E-state index contributed by atoms with van der Waals surface area (Å²) in [7, 11) is -3.08. The Morgan fingerprint density at radius 2 is 2.10 bits per heavy atom. The van der Waals surface area contributed by atoms with Crippen molar-refractivity contribution in [2.45, 2.75) is 38.5 Å². The van der Waals surface area contributed by atoms with Gasteiger partial charge >= 0.3 is 0 Å². The quantitative estimate of drug-likeness (QED) is 0.337. The molecule has 208 valence electrons. The average Bonchev–Trinajstić information content (AvgIpc) is 3.39. The number of aliphatic hydroxyl groups excluding tert-OH is 1. The number of nitrogens with one attached hydrogen (secondary N) is 1. The summed E-state index contributed by atoms with van der Waals surface area (Å²) in [5.74, 6) is -3.44. The van der Waals surface area contributed by atoms with E-state index in [1.165, 1.54) is 13.0 Å². The largest absolute Gasteiger partial charge is 0.479 e. The molecule has 1 aromatic carbocycles. The number of carbonyl (C=O) groups is 1. The van der Waals surface area contributed by atoms with Crippen LogP contribution in [0.5, 0.6) is 5.88 Å². The minimum atomic E-state index is -3.08. The fourth-order valence-electron chi connectivity index (χ4n) is 4.80. The van der Waals surface area contributed by atoms with Gasteiger partial charge in [-0.3, -0.25) is 4.79 Å². The number of rotatable bonds is 7. The molecule has 0 unspecified atom stereocenters.